The molecule has 1 aromatic rings. The summed E-state index contributed by atoms with van der Waals surface area (Å²) in [6.45, 7) is 11.1. The number of fused-ring (bicyclic) bond motifs is 5. The molecule has 3 aliphatic heterocycles. The maximum absolute atomic E-state index is 14.0. The van der Waals surface area contributed by atoms with Gasteiger partial charge in [0.25, 0.3) is 0 Å². The van der Waals surface area contributed by atoms with Crippen LogP contribution in [-0.4, -0.2) is 89.7 Å². The molecule has 46 heavy (non-hydrogen) atoms. The minimum Gasteiger partial charge on any atom is -0.341 e. The summed E-state index contributed by atoms with van der Waals surface area (Å²) in [5, 5.41) is 0. The second-order valence-corrected chi connectivity index (χ2v) is 15.5. The van der Waals surface area contributed by atoms with Crippen molar-refractivity contribution in [1.82, 2.24) is 19.9 Å². The first-order chi connectivity index (χ1) is 22.2. The molecule has 4 heterocycles. The number of rotatable bonds is 4. The van der Waals surface area contributed by atoms with E-state index in [0.29, 0.717) is 56.6 Å². The van der Waals surface area contributed by atoms with Gasteiger partial charge in [0.15, 0.2) is 5.78 Å². The molecule has 8 rings (SSSR count). The Morgan fingerprint density at radius 2 is 1.35 bits per heavy atom. The Labute approximate surface area is 272 Å². The minimum atomic E-state index is -0.249. The number of anilines is 3. The molecule has 10 nitrogen and oxygen atoms in total. The standard InChI is InChI=1S/C36H49N7O3/c1-35-12-11-26(44)21-24(35)7-9-27-28-10-8-25(36(28,2)23-29(45)31(27)35)22-30(46)40-17-19-43(20-18-40)34-38-32(41-13-3-4-14-41)37-33(39-34)42-15-5-6-16-42/h21-22,27-28,31H,3-20,23H2,1-2H3/t27-,28-,31+,35-,36+/m0/s1. The van der Waals surface area contributed by atoms with Crippen LogP contribution in [0.4, 0.5) is 17.8 Å². The lowest BCUT2D eigenvalue weighted by Crippen LogP contribution is -2.54. The average molecular weight is 628 g/mol. The van der Waals surface area contributed by atoms with Gasteiger partial charge < -0.3 is 19.6 Å². The fourth-order valence-corrected chi connectivity index (χ4v) is 10.4. The fourth-order valence-electron chi connectivity index (χ4n) is 10.4. The Hall–Kier alpha value is -3.30. The molecule has 5 atom stereocenters. The van der Waals surface area contributed by atoms with Gasteiger partial charge in [-0.25, -0.2) is 0 Å². The maximum atomic E-state index is 14.0. The summed E-state index contributed by atoms with van der Waals surface area (Å²) in [4.78, 5) is 63.4. The van der Waals surface area contributed by atoms with Crippen molar-refractivity contribution < 1.29 is 14.4 Å². The Kier molecular flexibility index (Phi) is 7.48. The van der Waals surface area contributed by atoms with Crippen molar-refractivity contribution in [3.63, 3.8) is 0 Å². The minimum absolute atomic E-state index is 0.00850. The molecule has 0 bridgehead atoms. The molecule has 6 fully saturated rings. The zero-order chi connectivity index (χ0) is 31.6. The lowest BCUT2D eigenvalue weighted by atomic mass is 9.47. The summed E-state index contributed by atoms with van der Waals surface area (Å²) in [6, 6.07) is 0. The van der Waals surface area contributed by atoms with Gasteiger partial charge in [-0.05, 0) is 86.5 Å². The first-order valence-corrected chi connectivity index (χ1v) is 18.0. The van der Waals surface area contributed by atoms with E-state index in [4.69, 9.17) is 15.0 Å². The average Bonchev–Trinajstić information content (AvgIpc) is 3.84. The third-order valence-electron chi connectivity index (χ3n) is 13.1. The van der Waals surface area contributed by atoms with E-state index in [1.807, 2.05) is 17.1 Å². The van der Waals surface area contributed by atoms with Gasteiger partial charge in [0, 0.05) is 77.2 Å². The second kappa shape index (κ2) is 11.4. The highest BCUT2D eigenvalue weighted by Gasteiger charge is 2.61. The number of ketones is 2. The van der Waals surface area contributed by atoms with Gasteiger partial charge in [-0.1, -0.05) is 25.0 Å². The van der Waals surface area contributed by atoms with Crippen LogP contribution in [0.25, 0.3) is 0 Å². The number of carbonyl (C=O) groups is 3. The molecule has 0 N–H and O–H groups in total. The molecule has 4 aliphatic carbocycles. The van der Waals surface area contributed by atoms with Crippen LogP contribution in [0.3, 0.4) is 0 Å². The van der Waals surface area contributed by atoms with E-state index in [-0.39, 0.29) is 28.4 Å². The number of nitrogens with zero attached hydrogens (tertiary/aromatic N) is 7. The second-order valence-electron chi connectivity index (χ2n) is 15.5. The van der Waals surface area contributed by atoms with Gasteiger partial charge in [-0.3, -0.25) is 14.4 Å². The van der Waals surface area contributed by atoms with Crippen molar-refractivity contribution in [3.8, 4) is 0 Å². The number of aromatic nitrogens is 3. The fraction of sp³-hybridized carbons (Fsp3) is 0.722. The highest BCUT2D eigenvalue weighted by molar-refractivity contribution is 5.93. The number of allylic oxidation sites excluding steroid dienone is 2. The summed E-state index contributed by atoms with van der Waals surface area (Å²) in [5.41, 5.74) is 1.95. The predicted octanol–water partition coefficient (Wildman–Crippen LogP) is 4.36. The zero-order valence-corrected chi connectivity index (χ0v) is 27.7. The van der Waals surface area contributed by atoms with Crippen LogP contribution in [0.2, 0.25) is 0 Å². The largest absolute Gasteiger partial charge is 0.341 e. The van der Waals surface area contributed by atoms with Crippen LogP contribution < -0.4 is 14.7 Å². The van der Waals surface area contributed by atoms with Crippen LogP contribution in [-0.2, 0) is 14.4 Å². The molecular weight excluding hydrogens is 578 g/mol. The Bertz CT molecular complexity index is 1450. The molecule has 3 saturated carbocycles. The molecule has 7 aliphatic rings. The van der Waals surface area contributed by atoms with E-state index >= 15 is 0 Å². The molecule has 1 aromatic heterocycles. The lowest BCUT2D eigenvalue weighted by Gasteiger charge is -2.56. The van der Waals surface area contributed by atoms with Crippen molar-refractivity contribution in [3.05, 3.63) is 23.3 Å². The molecule has 0 spiro atoms. The Balaban J connectivity index is 0.961. The summed E-state index contributed by atoms with van der Waals surface area (Å²) < 4.78 is 0. The Morgan fingerprint density at radius 1 is 0.761 bits per heavy atom. The van der Waals surface area contributed by atoms with E-state index in [0.717, 1.165) is 76.1 Å². The van der Waals surface area contributed by atoms with E-state index < -0.39 is 0 Å². The van der Waals surface area contributed by atoms with Gasteiger partial charge in [0.05, 0.1) is 0 Å². The third-order valence-corrected chi connectivity index (χ3v) is 13.1. The van der Waals surface area contributed by atoms with Crippen LogP contribution in [0.5, 0.6) is 0 Å². The molecule has 0 aromatic carbocycles. The van der Waals surface area contributed by atoms with Crippen LogP contribution in [0.15, 0.2) is 23.3 Å². The first-order valence-electron chi connectivity index (χ1n) is 18.0. The highest BCUT2D eigenvalue weighted by Crippen LogP contribution is 2.65. The SMILES string of the molecule is C[C@]12CCC(=O)C=C1CC[C@@H]1[C@@H]2C(=O)C[C@]2(C)C(=CC(=O)N3CCN(c4nc(N5CCCC5)nc(N5CCCC5)n4)CC3)CC[C@@H]12. The van der Waals surface area contributed by atoms with Crippen molar-refractivity contribution in [2.45, 2.75) is 84.5 Å². The molecule has 0 unspecified atom stereocenters. The van der Waals surface area contributed by atoms with Crippen molar-refractivity contribution in [2.24, 2.45) is 28.6 Å². The number of carbonyl (C=O) groups excluding carboxylic acids is 3. The number of amides is 1. The summed E-state index contributed by atoms with van der Waals surface area (Å²) in [6.07, 6.45) is 14.2. The smallest absolute Gasteiger partial charge is 0.246 e. The topological polar surface area (TPSA) is 103 Å². The molecule has 3 saturated heterocycles. The molecule has 10 heteroatoms. The molecule has 1 amide bonds. The van der Waals surface area contributed by atoms with Gasteiger partial charge in [0.2, 0.25) is 23.8 Å². The predicted molar refractivity (Wildman–Crippen MR) is 177 cm³/mol. The van der Waals surface area contributed by atoms with Crippen LogP contribution in [0, 0.1) is 28.6 Å². The molecule has 0 radical (unpaired) electrons. The lowest BCUT2D eigenvalue weighted by molar-refractivity contribution is -0.142. The summed E-state index contributed by atoms with van der Waals surface area (Å²) in [5.74, 6) is 3.71. The van der Waals surface area contributed by atoms with Crippen molar-refractivity contribution in [1.29, 1.82) is 0 Å². The van der Waals surface area contributed by atoms with E-state index in [1.165, 1.54) is 36.8 Å². The van der Waals surface area contributed by atoms with Crippen molar-refractivity contribution >= 4 is 35.3 Å². The van der Waals surface area contributed by atoms with E-state index in [9.17, 15) is 14.4 Å². The summed E-state index contributed by atoms with van der Waals surface area (Å²) in [7, 11) is 0. The molecular formula is C36H49N7O3. The van der Waals surface area contributed by atoms with Crippen LogP contribution >= 0.6 is 0 Å². The monoisotopic (exact) mass is 627 g/mol. The van der Waals surface area contributed by atoms with Gasteiger partial charge >= 0.3 is 0 Å². The Morgan fingerprint density at radius 3 is 1.96 bits per heavy atom. The first kappa shape index (κ1) is 30.1. The van der Waals surface area contributed by atoms with Gasteiger partial charge in [0.1, 0.15) is 5.78 Å². The number of hydrogen-bond donors (Lipinski definition) is 0. The van der Waals surface area contributed by atoms with E-state index in [1.54, 1.807) is 0 Å². The number of Topliss-reactive ketones (excluding diaryl/α,β-unsaturated/α-hetero) is 1. The third kappa shape index (κ3) is 4.96. The normalized spacial score (nSPS) is 35.4. The highest BCUT2D eigenvalue weighted by atomic mass is 16.2. The van der Waals surface area contributed by atoms with Gasteiger partial charge in [-0.2, -0.15) is 15.0 Å². The number of hydrogen-bond acceptors (Lipinski definition) is 9. The number of piperazine rings is 1. The molecule has 246 valence electrons. The van der Waals surface area contributed by atoms with Gasteiger partial charge in [-0.15, -0.1) is 0 Å². The maximum Gasteiger partial charge on any atom is 0.246 e. The quantitative estimate of drug-likeness (QED) is 0.451. The van der Waals surface area contributed by atoms with Crippen molar-refractivity contribution in [2.75, 3.05) is 67.1 Å². The van der Waals surface area contributed by atoms with E-state index in [2.05, 4.69) is 28.5 Å². The summed E-state index contributed by atoms with van der Waals surface area (Å²) >= 11 is 0. The zero-order valence-electron chi connectivity index (χ0n) is 27.7. The van der Waals surface area contributed by atoms with Crippen LogP contribution in [0.1, 0.15) is 84.5 Å².